The number of hydrogen-bond donors (Lipinski definition) is 7. The Kier molecular flexibility index (Phi) is 25.7. The van der Waals surface area contributed by atoms with Gasteiger partial charge < -0.3 is 74.8 Å². The Hall–Kier alpha value is -1.58. The SMILES string of the molecule is CC[C@H]1OC(=O)[C@H](C)[C@@H](O[C@H]2C[C@@](C)(OC)[C@@H](O)[C@H](C)O2)[C@H](C)[C@@H](O[C@@H]2O[C@H](C)C[C@H](N(C)CCCNC(=O)CCCCCCCCCCCN)[C@H]2O)[C@](C)(O)C[C@@H](C)CN(C)[C@H](C)[C@@H](O)[C@]1(C)O. The number of esters is 1. The normalized spacial score (nSPS) is 40.2. The molecule has 0 unspecified atom stereocenters. The van der Waals surface area contributed by atoms with Crippen LogP contribution >= 0.6 is 0 Å². The monoisotopic (exact) mass is 989 g/mol. The Morgan fingerprint density at radius 1 is 0.884 bits per heavy atom. The number of aliphatic hydroxyl groups excluding tert-OH is 3. The molecule has 18 atom stereocenters. The molecule has 8 N–H and O–H groups in total. The van der Waals surface area contributed by atoms with E-state index in [1.165, 1.54) is 46.1 Å². The topological polar surface area (TPSA) is 235 Å². The van der Waals surface area contributed by atoms with Gasteiger partial charge in [-0.2, -0.15) is 0 Å². The smallest absolute Gasteiger partial charge is 0.311 e. The van der Waals surface area contributed by atoms with E-state index in [1.54, 1.807) is 41.5 Å². The van der Waals surface area contributed by atoms with Crippen LogP contribution in [0.25, 0.3) is 0 Å². The summed E-state index contributed by atoms with van der Waals surface area (Å²) in [7, 11) is 5.29. The first kappa shape index (κ1) is 61.7. The highest BCUT2D eigenvalue weighted by Gasteiger charge is 2.53. The summed E-state index contributed by atoms with van der Waals surface area (Å²) >= 11 is 0. The van der Waals surface area contributed by atoms with Gasteiger partial charge in [0, 0.05) is 51.0 Å². The van der Waals surface area contributed by atoms with Crippen molar-refractivity contribution in [2.24, 2.45) is 23.5 Å². The molecule has 0 bridgehead atoms. The molecule has 17 nitrogen and oxygen atoms in total. The Labute approximate surface area is 416 Å². The van der Waals surface area contributed by atoms with E-state index in [-0.39, 0.29) is 43.2 Å². The average Bonchev–Trinajstić information content (AvgIpc) is 3.29. The zero-order chi connectivity index (χ0) is 51.9. The number of amides is 1. The molecule has 0 spiro atoms. The van der Waals surface area contributed by atoms with Gasteiger partial charge in [0.2, 0.25) is 5.91 Å². The van der Waals surface area contributed by atoms with Gasteiger partial charge in [0.05, 0.1) is 41.5 Å². The van der Waals surface area contributed by atoms with Gasteiger partial charge >= 0.3 is 5.97 Å². The molecule has 3 rings (SSSR count). The van der Waals surface area contributed by atoms with Gasteiger partial charge in [-0.3, -0.25) is 9.59 Å². The largest absolute Gasteiger partial charge is 0.459 e. The first-order chi connectivity index (χ1) is 32.3. The number of methoxy groups -OCH3 is 1. The van der Waals surface area contributed by atoms with E-state index in [0.29, 0.717) is 38.9 Å². The molecular weight excluding hydrogens is 889 g/mol. The third-order valence-electron chi connectivity index (χ3n) is 15.7. The Bertz CT molecular complexity index is 1500. The first-order valence-electron chi connectivity index (χ1n) is 26.6. The lowest BCUT2D eigenvalue weighted by Gasteiger charge is -2.49. The van der Waals surface area contributed by atoms with Crippen LogP contribution in [-0.2, 0) is 38.0 Å². The zero-order valence-corrected chi connectivity index (χ0v) is 45.1. The average molecular weight is 989 g/mol. The van der Waals surface area contributed by atoms with Gasteiger partial charge in [0.15, 0.2) is 12.6 Å². The fourth-order valence-electron chi connectivity index (χ4n) is 11.1. The van der Waals surface area contributed by atoms with Crippen LogP contribution in [0.3, 0.4) is 0 Å². The number of rotatable bonds is 22. The van der Waals surface area contributed by atoms with E-state index in [1.807, 2.05) is 39.8 Å². The lowest BCUT2D eigenvalue weighted by molar-refractivity contribution is -0.318. The predicted molar refractivity (Wildman–Crippen MR) is 266 cm³/mol. The molecule has 17 heteroatoms. The van der Waals surface area contributed by atoms with Crippen LogP contribution in [0.15, 0.2) is 0 Å². The number of nitrogens with one attached hydrogen (secondary N) is 1. The maximum absolute atomic E-state index is 14.4. The van der Waals surface area contributed by atoms with E-state index in [2.05, 4.69) is 10.2 Å². The van der Waals surface area contributed by atoms with Crippen molar-refractivity contribution in [2.45, 2.75) is 256 Å². The molecule has 406 valence electrons. The van der Waals surface area contributed by atoms with Gasteiger partial charge in [-0.25, -0.2) is 0 Å². The second-order valence-electron chi connectivity index (χ2n) is 22.1. The van der Waals surface area contributed by atoms with E-state index in [9.17, 15) is 35.1 Å². The minimum absolute atomic E-state index is 0.0532. The van der Waals surface area contributed by atoms with Gasteiger partial charge in [0.1, 0.15) is 30.0 Å². The minimum Gasteiger partial charge on any atom is -0.459 e. The van der Waals surface area contributed by atoms with Crippen LogP contribution in [0.5, 0.6) is 0 Å². The molecule has 69 heavy (non-hydrogen) atoms. The number of unbranched alkanes of at least 4 members (excludes halogenated alkanes) is 8. The van der Waals surface area contributed by atoms with E-state index < -0.39 is 96.0 Å². The summed E-state index contributed by atoms with van der Waals surface area (Å²) in [6.45, 7) is 19.9. The van der Waals surface area contributed by atoms with E-state index in [0.717, 1.165) is 32.2 Å². The van der Waals surface area contributed by atoms with Crippen molar-refractivity contribution in [3.8, 4) is 0 Å². The molecule has 0 aliphatic carbocycles. The van der Waals surface area contributed by atoms with Gasteiger partial charge in [-0.15, -0.1) is 0 Å². The van der Waals surface area contributed by atoms with E-state index >= 15 is 0 Å². The highest BCUT2D eigenvalue weighted by Crippen LogP contribution is 2.40. The summed E-state index contributed by atoms with van der Waals surface area (Å²) in [5.74, 6) is -2.68. The van der Waals surface area contributed by atoms with Crippen molar-refractivity contribution >= 4 is 11.9 Å². The number of cyclic esters (lactones) is 1. The summed E-state index contributed by atoms with van der Waals surface area (Å²) in [5, 5.41) is 62.5. The molecule has 0 radical (unpaired) electrons. The highest BCUT2D eigenvalue weighted by molar-refractivity contribution is 5.75. The Morgan fingerprint density at radius 2 is 1.49 bits per heavy atom. The molecule has 3 fully saturated rings. The number of hydrogen-bond acceptors (Lipinski definition) is 16. The van der Waals surface area contributed by atoms with Crippen LogP contribution in [0.1, 0.15) is 166 Å². The zero-order valence-electron chi connectivity index (χ0n) is 45.1. The first-order valence-corrected chi connectivity index (χ1v) is 26.6. The molecule has 0 aromatic rings. The minimum atomic E-state index is -1.83. The molecular formula is C52H100N4O13. The van der Waals surface area contributed by atoms with Crippen molar-refractivity contribution < 1.29 is 63.5 Å². The summed E-state index contributed by atoms with van der Waals surface area (Å²) in [6.07, 6.45) is 2.65. The molecule has 3 heterocycles. The fourth-order valence-corrected chi connectivity index (χ4v) is 11.1. The number of nitrogens with zero attached hydrogens (tertiary/aromatic N) is 2. The van der Waals surface area contributed by atoms with Crippen LogP contribution in [-0.4, -0.2) is 185 Å². The summed E-state index contributed by atoms with van der Waals surface area (Å²) in [4.78, 5) is 31.1. The van der Waals surface area contributed by atoms with Crippen molar-refractivity contribution in [2.75, 3.05) is 47.4 Å². The maximum atomic E-state index is 14.4. The quantitative estimate of drug-likeness (QED) is 0.0579. The number of carbonyl (C=O) groups is 2. The maximum Gasteiger partial charge on any atom is 0.311 e. The third-order valence-corrected chi connectivity index (χ3v) is 15.7. The highest BCUT2D eigenvalue weighted by atomic mass is 16.7. The van der Waals surface area contributed by atoms with E-state index in [4.69, 9.17) is 34.2 Å². The fraction of sp³-hybridized carbons (Fsp3) is 0.962. The molecule has 0 aromatic heterocycles. The second kappa shape index (κ2) is 28.8. The Morgan fingerprint density at radius 3 is 2.09 bits per heavy atom. The summed E-state index contributed by atoms with van der Waals surface area (Å²) in [6, 6.07) is -0.946. The van der Waals surface area contributed by atoms with Gasteiger partial charge in [0.25, 0.3) is 0 Å². The summed E-state index contributed by atoms with van der Waals surface area (Å²) < 4.78 is 38.2. The number of likely N-dealkylation sites (N-methyl/N-ethyl adjacent to an activating group) is 2. The van der Waals surface area contributed by atoms with Gasteiger partial charge in [-0.05, 0) is 120 Å². The predicted octanol–water partition coefficient (Wildman–Crippen LogP) is 4.64. The standard InChI is InChI=1S/C52H100N4O13/c1-14-40-52(10,63)45(59)37(6)56(12)32-33(2)30-50(8,62)47(35(4)44(36(5)48(61)67-40)68-42-31-51(9,64-13)46(60)38(7)66-42)69-49-43(58)39(29-34(3)65-49)55(11)28-24-27-54-41(57)25-22-20-18-16-15-17-19-21-23-26-53/h33-40,42-47,49,58-60,62-63H,14-32,53H2,1-13H3,(H,54,57)/t33-,34-,35+,36-,37-,38+,39+,40-,42+,43-,44+,45-,46+,47-,49+,50-,51-,52-/m1/s1. The summed E-state index contributed by atoms with van der Waals surface area (Å²) in [5.41, 5.74) is 1.09. The molecule has 1 amide bonds. The van der Waals surface area contributed by atoms with Gasteiger partial charge in [-0.1, -0.05) is 65.7 Å². The second-order valence-corrected chi connectivity index (χ2v) is 22.1. The third kappa shape index (κ3) is 17.8. The van der Waals surface area contributed by atoms with Crippen molar-refractivity contribution in [3.05, 3.63) is 0 Å². The van der Waals surface area contributed by atoms with Crippen molar-refractivity contribution in [1.29, 1.82) is 0 Å². The molecule has 0 saturated carbocycles. The molecule has 3 saturated heterocycles. The van der Waals surface area contributed by atoms with Crippen molar-refractivity contribution in [1.82, 2.24) is 15.1 Å². The molecule has 3 aliphatic rings. The lowest BCUT2D eigenvalue weighted by atomic mass is 9.77. The Balaban J connectivity index is 1.86. The van der Waals surface area contributed by atoms with Crippen LogP contribution in [0, 0.1) is 17.8 Å². The molecule has 3 aliphatic heterocycles. The number of aliphatic hydroxyl groups is 5. The number of nitrogens with two attached hydrogens (primary N) is 1. The van der Waals surface area contributed by atoms with Crippen LogP contribution in [0.2, 0.25) is 0 Å². The van der Waals surface area contributed by atoms with Crippen LogP contribution in [0.4, 0.5) is 0 Å². The van der Waals surface area contributed by atoms with Crippen molar-refractivity contribution in [3.63, 3.8) is 0 Å². The van der Waals surface area contributed by atoms with Crippen LogP contribution < -0.4 is 11.1 Å². The number of carbonyl (C=O) groups excluding carboxylic acids is 2. The number of ether oxygens (including phenoxy) is 6. The molecule has 0 aromatic carbocycles. The lowest BCUT2D eigenvalue weighted by Crippen LogP contribution is -2.61.